The predicted molar refractivity (Wildman–Crippen MR) is 82.0 cm³/mol. The molecule has 1 rings (SSSR count). The van der Waals surface area contributed by atoms with Crippen LogP contribution in [-0.4, -0.2) is 37.0 Å². The molecule has 0 aromatic rings. The molecule has 0 aliphatic carbocycles. The number of hydrogen-bond donors (Lipinski definition) is 0. The highest BCUT2D eigenvalue weighted by molar-refractivity contribution is 5.67. The summed E-state index contributed by atoms with van der Waals surface area (Å²) < 4.78 is 17.6. The Morgan fingerprint density at radius 2 is 2.05 bits per heavy atom. The quantitative estimate of drug-likeness (QED) is 0.558. The van der Waals surface area contributed by atoms with Gasteiger partial charge in [0.2, 0.25) is 0 Å². The average Bonchev–Trinajstić information content (AvgIpc) is 2.61. The van der Waals surface area contributed by atoms with Crippen LogP contribution in [0.4, 0.5) is 0 Å². The molecule has 0 spiro atoms. The lowest BCUT2D eigenvalue weighted by Gasteiger charge is -2.35. The van der Waals surface area contributed by atoms with Crippen LogP contribution in [0.15, 0.2) is 18.4 Å². The van der Waals surface area contributed by atoms with Crippen LogP contribution in [0.5, 0.6) is 0 Å². The molecule has 1 heterocycles. The van der Waals surface area contributed by atoms with E-state index in [1.807, 2.05) is 13.8 Å². The van der Waals surface area contributed by atoms with Crippen LogP contribution in [0, 0.1) is 11.8 Å². The van der Waals surface area contributed by atoms with E-state index in [0.29, 0.717) is 5.92 Å². The summed E-state index contributed by atoms with van der Waals surface area (Å²) >= 11 is 0. The summed E-state index contributed by atoms with van der Waals surface area (Å²) in [6.45, 7) is 13.4. The van der Waals surface area contributed by atoms with E-state index in [1.54, 1.807) is 13.2 Å². The van der Waals surface area contributed by atoms with Crippen LogP contribution in [0.25, 0.3) is 0 Å². The van der Waals surface area contributed by atoms with Crippen LogP contribution >= 0.6 is 0 Å². The fourth-order valence-electron chi connectivity index (χ4n) is 3.19. The third-order valence-electron chi connectivity index (χ3n) is 3.76. The van der Waals surface area contributed by atoms with Gasteiger partial charge in [0.25, 0.3) is 0 Å². The molecule has 0 aromatic heterocycles. The van der Waals surface area contributed by atoms with Crippen molar-refractivity contribution in [2.45, 2.75) is 65.0 Å². The lowest BCUT2D eigenvalue weighted by atomic mass is 9.83. The van der Waals surface area contributed by atoms with Crippen molar-refractivity contribution >= 4 is 5.97 Å². The SMILES string of the molecule is C=C=C[C@@]1(OC(C)=O)[C@H](OC)[C@@H](CC(C)C)O[C@H]1C(C)C. The summed E-state index contributed by atoms with van der Waals surface area (Å²) in [7, 11) is 1.62. The zero-order chi connectivity index (χ0) is 16.2. The Labute approximate surface area is 128 Å². The molecule has 0 unspecified atom stereocenters. The number of rotatable bonds is 6. The topological polar surface area (TPSA) is 44.8 Å². The van der Waals surface area contributed by atoms with Crippen LogP contribution in [-0.2, 0) is 19.0 Å². The third-order valence-corrected chi connectivity index (χ3v) is 3.76. The highest BCUT2D eigenvalue weighted by Gasteiger charge is 2.59. The second-order valence-electron chi connectivity index (χ2n) is 6.42. The number of carbonyl (C=O) groups is 1. The van der Waals surface area contributed by atoms with E-state index in [-0.39, 0.29) is 30.2 Å². The van der Waals surface area contributed by atoms with Crippen molar-refractivity contribution in [3.05, 3.63) is 18.4 Å². The van der Waals surface area contributed by atoms with E-state index in [0.717, 1.165) is 6.42 Å². The van der Waals surface area contributed by atoms with E-state index < -0.39 is 5.60 Å². The molecule has 0 bridgehead atoms. The normalized spacial score (nSPS) is 32.3. The van der Waals surface area contributed by atoms with E-state index in [9.17, 15) is 4.79 Å². The zero-order valence-electron chi connectivity index (χ0n) is 14.0. The molecular weight excluding hydrogens is 268 g/mol. The molecule has 0 aromatic carbocycles. The van der Waals surface area contributed by atoms with E-state index in [2.05, 4.69) is 26.2 Å². The van der Waals surface area contributed by atoms with Gasteiger partial charge in [-0.25, -0.2) is 0 Å². The molecule has 1 fully saturated rings. The van der Waals surface area contributed by atoms with Gasteiger partial charge in [-0.15, -0.1) is 5.73 Å². The van der Waals surface area contributed by atoms with Crippen LogP contribution < -0.4 is 0 Å². The minimum Gasteiger partial charge on any atom is -0.449 e. The summed E-state index contributed by atoms with van der Waals surface area (Å²) in [5.74, 6) is 0.271. The van der Waals surface area contributed by atoms with Crippen molar-refractivity contribution in [3.8, 4) is 0 Å². The molecule has 0 amide bonds. The fourth-order valence-corrected chi connectivity index (χ4v) is 3.19. The first-order valence-corrected chi connectivity index (χ1v) is 7.53. The molecule has 0 saturated carbocycles. The number of ether oxygens (including phenoxy) is 3. The van der Waals surface area contributed by atoms with Gasteiger partial charge in [0.15, 0.2) is 5.60 Å². The van der Waals surface area contributed by atoms with Gasteiger partial charge in [-0.2, -0.15) is 0 Å². The van der Waals surface area contributed by atoms with Gasteiger partial charge < -0.3 is 14.2 Å². The predicted octanol–water partition coefficient (Wildman–Crippen LogP) is 3.11. The average molecular weight is 296 g/mol. The standard InChI is InChI=1S/C17H28O4/c1-8-9-17(21-13(6)18)15(12(4)5)20-14(10-11(2)3)16(17)19-7/h9,11-12,14-16H,1,10H2,2-7H3/t14-,15+,16-,17+/m1/s1. The van der Waals surface area contributed by atoms with Crippen molar-refractivity contribution in [1.29, 1.82) is 0 Å². The number of hydrogen-bond acceptors (Lipinski definition) is 4. The first-order valence-electron chi connectivity index (χ1n) is 7.53. The molecule has 1 aliphatic rings. The number of esters is 1. The molecule has 120 valence electrons. The number of methoxy groups -OCH3 is 1. The lowest BCUT2D eigenvalue weighted by molar-refractivity contribution is -0.167. The largest absolute Gasteiger partial charge is 0.449 e. The fraction of sp³-hybridized carbons (Fsp3) is 0.765. The van der Waals surface area contributed by atoms with Gasteiger partial charge in [0.1, 0.15) is 12.2 Å². The van der Waals surface area contributed by atoms with Gasteiger partial charge in [0.05, 0.1) is 6.10 Å². The van der Waals surface area contributed by atoms with Crippen LogP contribution in [0.3, 0.4) is 0 Å². The van der Waals surface area contributed by atoms with Gasteiger partial charge >= 0.3 is 5.97 Å². The molecule has 4 heteroatoms. The van der Waals surface area contributed by atoms with Crippen LogP contribution in [0.1, 0.15) is 41.0 Å². The minimum atomic E-state index is -0.962. The summed E-state index contributed by atoms with van der Waals surface area (Å²) in [5.41, 5.74) is 1.80. The highest BCUT2D eigenvalue weighted by Crippen LogP contribution is 2.42. The first-order chi connectivity index (χ1) is 9.78. The molecule has 0 radical (unpaired) electrons. The summed E-state index contributed by atoms with van der Waals surface area (Å²) in [6.07, 6.45) is 1.78. The Kier molecular flexibility index (Phi) is 6.21. The minimum absolute atomic E-state index is 0.119. The van der Waals surface area contributed by atoms with Gasteiger partial charge in [-0.1, -0.05) is 34.3 Å². The monoisotopic (exact) mass is 296 g/mol. The Morgan fingerprint density at radius 1 is 1.43 bits per heavy atom. The Bertz CT molecular complexity index is 409. The van der Waals surface area contributed by atoms with Gasteiger partial charge in [-0.3, -0.25) is 4.79 Å². The molecule has 1 aliphatic heterocycles. The van der Waals surface area contributed by atoms with E-state index >= 15 is 0 Å². The summed E-state index contributed by atoms with van der Waals surface area (Å²) in [5, 5.41) is 0. The van der Waals surface area contributed by atoms with Gasteiger partial charge in [0, 0.05) is 20.1 Å². The van der Waals surface area contributed by atoms with Crippen molar-refractivity contribution in [2.75, 3.05) is 7.11 Å². The highest BCUT2D eigenvalue weighted by atomic mass is 16.6. The van der Waals surface area contributed by atoms with Crippen molar-refractivity contribution in [1.82, 2.24) is 0 Å². The first kappa shape index (κ1) is 18.0. The molecule has 4 nitrogen and oxygen atoms in total. The molecule has 0 N–H and O–H groups in total. The van der Waals surface area contributed by atoms with Gasteiger partial charge in [-0.05, 0) is 18.3 Å². The molecule has 21 heavy (non-hydrogen) atoms. The zero-order valence-corrected chi connectivity index (χ0v) is 14.0. The Balaban J connectivity index is 3.29. The lowest BCUT2D eigenvalue weighted by Crippen LogP contribution is -2.52. The van der Waals surface area contributed by atoms with Crippen molar-refractivity contribution in [2.24, 2.45) is 11.8 Å². The molecule has 1 saturated heterocycles. The summed E-state index contributed by atoms with van der Waals surface area (Å²) in [4.78, 5) is 11.6. The second kappa shape index (κ2) is 7.26. The maximum atomic E-state index is 11.6. The maximum Gasteiger partial charge on any atom is 0.303 e. The van der Waals surface area contributed by atoms with Crippen molar-refractivity contribution < 1.29 is 19.0 Å². The third kappa shape index (κ3) is 3.76. The van der Waals surface area contributed by atoms with E-state index in [4.69, 9.17) is 14.2 Å². The Hall–Kier alpha value is -1.09. The second-order valence-corrected chi connectivity index (χ2v) is 6.42. The van der Waals surface area contributed by atoms with E-state index in [1.165, 1.54) is 6.92 Å². The van der Waals surface area contributed by atoms with Crippen molar-refractivity contribution in [3.63, 3.8) is 0 Å². The molecule has 4 atom stereocenters. The van der Waals surface area contributed by atoms with Crippen LogP contribution in [0.2, 0.25) is 0 Å². The summed E-state index contributed by atoms with van der Waals surface area (Å²) in [6, 6.07) is 0. The maximum absolute atomic E-state index is 11.6. The Morgan fingerprint density at radius 3 is 2.43 bits per heavy atom. The number of carbonyl (C=O) groups excluding carboxylic acids is 1. The smallest absolute Gasteiger partial charge is 0.303 e. The molecular formula is C17H28O4.